The van der Waals surface area contributed by atoms with Crippen molar-refractivity contribution in [3.05, 3.63) is 29.6 Å². The van der Waals surface area contributed by atoms with E-state index >= 15 is 0 Å². The molecule has 0 heterocycles. The van der Waals surface area contributed by atoms with Crippen molar-refractivity contribution >= 4 is 12.6 Å². The van der Waals surface area contributed by atoms with E-state index in [9.17, 15) is 14.4 Å². The maximum atomic E-state index is 13.0. The largest absolute Gasteiger partial charge is 0.488 e. The third-order valence-corrected chi connectivity index (χ3v) is 3.47. The lowest BCUT2D eigenvalue weighted by Crippen LogP contribution is -2.33. The van der Waals surface area contributed by atoms with Gasteiger partial charge >= 0.3 is 7.12 Å². The molecule has 1 fully saturated rings. The summed E-state index contributed by atoms with van der Waals surface area (Å²) in [4.78, 5) is 0. The molecule has 5 heteroatoms. The van der Waals surface area contributed by atoms with Gasteiger partial charge in [0.1, 0.15) is 5.82 Å². The van der Waals surface area contributed by atoms with Crippen molar-refractivity contribution in [1.82, 2.24) is 0 Å². The van der Waals surface area contributed by atoms with Crippen LogP contribution >= 0.6 is 0 Å². The summed E-state index contributed by atoms with van der Waals surface area (Å²) in [6.45, 7) is 0.988. The molecule has 1 aliphatic carbocycles. The SMILES string of the molecule is OB(O)c1cc(F)ccc1COCC1CCCC1. The quantitative estimate of drug-likeness (QED) is 0.774. The lowest BCUT2D eigenvalue weighted by atomic mass is 9.77. The number of hydrogen-bond donors (Lipinski definition) is 2. The van der Waals surface area contributed by atoms with Crippen LogP contribution in [0, 0.1) is 11.7 Å². The molecule has 0 aliphatic heterocycles. The molecule has 0 amide bonds. The highest BCUT2D eigenvalue weighted by molar-refractivity contribution is 6.59. The summed E-state index contributed by atoms with van der Waals surface area (Å²) in [5.74, 6) is 0.144. The lowest BCUT2D eigenvalue weighted by molar-refractivity contribution is 0.0892. The van der Waals surface area contributed by atoms with Gasteiger partial charge in [0.15, 0.2) is 0 Å². The first-order valence-corrected chi connectivity index (χ1v) is 6.39. The molecule has 98 valence electrons. The van der Waals surface area contributed by atoms with Crippen molar-refractivity contribution in [2.24, 2.45) is 5.92 Å². The number of benzene rings is 1. The highest BCUT2D eigenvalue weighted by Crippen LogP contribution is 2.24. The Labute approximate surface area is 107 Å². The van der Waals surface area contributed by atoms with Gasteiger partial charge in [-0.1, -0.05) is 18.9 Å². The van der Waals surface area contributed by atoms with Crippen molar-refractivity contribution in [1.29, 1.82) is 0 Å². The Kier molecular flexibility index (Phi) is 4.75. The first kappa shape index (κ1) is 13.5. The van der Waals surface area contributed by atoms with E-state index in [1.54, 1.807) is 6.07 Å². The summed E-state index contributed by atoms with van der Waals surface area (Å²) in [5.41, 5.74) is 0.811. The van der Waals surface area contributed by atoms with Crippen LogP contribution in [0.15, 0.2) is 18.2 Å². The molecule has 1 aromatic rings. The predicted octanol–water partition coefficient (Wildman–Crippen LogP) is 1.21. The minimum absolute atomic E-state index is 0.182. The van der Waals surface area contributed by atoms with Crippen molar-refractivity contribution in [2.45, 2.75) is 32.3 Å². The zero-order valence-electron chi connectivity index (χ0n) is 10.3. The smallest absolute Gasteiger partial charge is 0.423 e. The number of hydrogen-bond acceptors (Lipinski definition) is 3. The monoisotopic (exact) mass is 252 g/mol. The van der Waals surface area contributed by atoms with Gasteiger partial charge in [-0.25, -0.2) is 4.39 Å². The summed E-state index contributed by atoms with van der Waals surface area (Å²) >= 11 is 0. The highest BCUT2D eigenvalue weighted by atomic mass is 19.1. The molecule has 0 saturated heterocycles. The molecule has 18 heavy (non-hydrogen) atoms. The molecule has 0 aromatic heterocycles. The summed E-state index contributed by atoms with van der Waals surface area (Å²) in [7, 11) is -1.66. The third-order valence-electron chi connectivity index (χ3n) is 3.47. The predicted molar refractivity (Wildman–Crippen MR) is 67.8 cm³/mol. The molecule has 1 saturated carbocycles. The van der Waals surface area contributed by atoms with Crippen LogP contribution in [-0.4, -0.2) is 23.8 Å². The van der Waals surface area contributed by atoms with Crippen molar-refractivity contribution in [3.63, 3.8) is 0 Å². The van der Waals surface area contributed by atoms with E-state index in [2.05, 4.69) is 0 Å². The molecular formula is C13H18BFO3. The van der Waals surface area contributed by atoms with Gasteiger partial charge in [0.2, 0.25) is 0 Å². The normalized spacial score (nSPS) is 16.2. The minimum atomic E-state index is -1.66. The summed E-state index contributed by atoms with van der Waals surface area (Å²) in [6.07, 6.45) is 4.95. The van der Waals surface area contributed by atoms with Crippen LogP contribution in [-0.2, 0) is 11.3 Å². The molecular weight excluding hydrogens is 234 g/mol. The molecule has 2 rings (SSSR count). The van der Waals surface area contributed by atoms with Gasteiger partial charge in [-0.05, 0) is 41.9 Å². The minimum Gasteiger partial charge on any atom is -0.423 e. The number of rotatable bonds is 5. The van der Waals surface area contributed by atoms with E-state index in [1.807, 2.05) is 0 Å². The van der Waals surface area contributed by atoms with Crippen LogP contribution in [0.3, 0.4) is 0 Å². The fraction of sp³-hybridized carbons (Fsp3) is 0.538. The third kappa shape index (κ3) is 3.54. The van der Waals surface area contributed by atoms with E-state index in [4.69, 9.17) is 4.74 Å². The van der Waals surface area contributed by atoms with Gasteiger partial charge < -0.3 is 14.8 Å². The Morgan fingerprint density at radius 1 is 1.28 bits per heavy atom. The Morgan fingerprint density at radius 3 is 2.67 bits per heavy atom. The van der Waals surface area contributed by atoms with Gasteiger partial charge in [-0.15, -0.1) is 0 Å². The van der Waals surface area contributed by atoms with E-state index in [0.29, 0.717) is 24.7 Å². The Balaban J connectivity index is 1.91. The highest BCUT2D eigenvalue weighted by Gasteiger charge is 2.18. The van der Waals surface area contributed by atoms with Gasteiger partial charge in [-0.2, -0.15) is 0 Å². The molecule has 0 unspecified atom stereocenters. The zero-order valence-corrected chi connectivity index (χ0v) is 10.3. The average Bonchev–Trinajstić information content (AvgIpc) is 2.84. The van der Waals surface area contributed by atoms with Crippen LogP contribution in [0.25, 0.3) is 0 Å². The molecule has 0 radical (unpaired) electrons. The van der Waals surface area contributed by atoms with E-state index in [-0.39, 0.29) is 5.46 Å². The number of ether oxygens (including phenoxy) is 1. The fourth-order valence-corrected chi connectivity index (χ4v) is 2.45. The van der Waals surface area contributed by atoms with Gasteiger partial charge in [0.05, 0.1) is 6.61 Å². The average molecular weight is 252 g/mol. The van der Waals surface area contributed by atoms with E-state index < -0.39 is 12.9 Å². The van der Waals surface area contributed by atoms with Gasteiger partial charge in [-0.3, -0.25) is 0 Å². The van der Waals surface area contributed by atoms with Gasteiger partial charge in [0, 0.05) is 6.61 Å². The second-order valence-corrected chi connectivity index (χ2v) is 4.88. The maximum Gasteiger partial charge on any atom is 0.488 e. The van der Waals surface area contributed by atoms with Crippen LogP contribution in [0.1, 0.15) is 31.2 Å². The second kappa shape index (κ2) is 6.32. The number of halogens is 1. The lowest BCUT2D eigenvalue weighted by Gasteiger charge is -2.12. The zero-order chi connectivity index (χ0) is 13.0. The second-order valence-electron chi connectivity index (χ2n) is 4.88. The van der Waals surface area contributed by atoms with Crippen LogP contribution < -0.4 is 5.46 Å². The molecule has 0 spiro atoms. The summed E-state index contributed by atoms with van der Waals surface area (Å²) < 4.78 is 18.6. The van der Waals surface area contributed by atoms with Crippen LogP contribution in [0.5, 0.6) is 0 Å². The topological polar surface area (TPSA) is 49.7 Å². The first-order valence-electron chi connectivity index (χ1n) is 6.39. The van der Waals surface area contributed by atoms with Crippen molar-refractivity contribution < 1.29 is 19.2 Å². The van der Waals surface area contributed by atoms with E-state index in [1.165, 1.54) is 31.7 Å². The molecule has 1 aliphatic rings. The summed E-state index contributed by atoms with van der Waals surface area (Å²) in [5, 5.41) is 18.3. The standard InChI is InChI=1S/C13H18BFO3/c15-12-6-5-11(13(7-12)14(16)17)9-18-8-10-3-1-2-4-10/h5-7,10,16-17H,1-4,8-9H2. The molecule has 1 aromatic carbocycles. The maximum absolute atomic E-state index is 13.0. The molecule has 0 atom stereocenters. The Hall–Kier alpha value is -0.905. The summed E-state index contributed by atoms with van der Waals surface area (Å²) in [6, 6.07) is 3.98. The van der Waals surface area contributed by atoms with Crippen LogP contribution in [0.4, 0.5) is 4.39 Å². The van der Waals surface area contributed by atoms with Crippen molar-refractivity contribution in [3.8, 4) is 0 Å². The Morgan fingerprint density at radius 2 is 2.00 bits per heavy atom. The Bertz CT molecular complexity index is 392. The molecule has 2 N–H and O–H groups in total. The van der Waals surface area contributed by atoms with Crippen molar-refractivity contribution in [2.75, 3.05) is 6.61 Å². The fourth-order valence-electron chi connectivity index (χ4n) is 2.45. The molecule has 0 bridgehead atoms. The van der Waals surface area contributed by atoms with E-state index in [0.717, 1.165) is 6.07 Å². The van der Waals surface area contributed by atoms with Crippen LogP contribution in [0.2, 0.25) is 0 Å². The first-order chi connectivity index (χ1) is 8.66. The molecule has 3 nitrogen and oxygen atoms in total. The van der Waals surface area contributed by atoms with Gasteiger partial charge in [0.25, 0.3) is 0 Å².